The molecule has 2 heterocycles. The van der Waals surface area contributed by atoms with Gasteiger partial charge in [-0.05, 0) is 42.3 Å². The minimum Gasteiger partial charge on any atom is -0.386 e. The molecule has 0 saturated heterocycles. The van der Waals surface area contributed by atoms with Gasteiger partial charge >= 0.3 is 0 Å². The summed E-state index contributed by atoms with van der Waals surface area (Å²) in [5.41, 5.74) is 9.31. The molecule has 0 fully saturated rings. The first-order valence-electron chi connectivity index (χ1n) is 6.88. The second kappa shape index (κ2) is 5.50. The van der Waals surface area contributed by atoms with Crippen LogP contribution in [-0.2, 0) is 6.42 Å². The average Bonchev–Trinajstić information content (AvgIpc) is 2.47. The zero-order valence-corrected chi connectivity index (χ0v) is 11.8. The van der Waals surface area contributed by atoms with E-state index in [4.69, 9.17) is 5.73 Å². The van der Waals surface area contributed by atoms with Gasteiger partial charge < -0.3 is 10.8 Å². The lowest BCUT2D eigenvalue weighted by Crippen LogP contribution is -2.06. The number of pyridine rings is 2. The fourth-order valence-corrected chi connectivity index (χ4v) is 2.50. The van der Waals surface area contributed by atoms with E-state index in [0.29, 0.717) is 17.9 Å². The fourth-order valence-electron chi connectivity index (χ4n) is 2.50. The summed E-state index contributed by atoms with van der Waals surface area (Å²) in [6, 6.07) is 13.5. The van der Waals surface area contributed by atoms with Gasteiger partial charge in [0.1, 0.15) is 5.82 Å². The van der Waals surface area contributed by atoms with Crippen molar-refractivity contribution in [1.82, 2.24) is 9.97 Å². The van der Waals surface area contributed by atoms with Crippen molar-refractivity contribution in [3.8, 4) is 0 Å². The van der Waals surface area contributed by atoms with E-state index in [1.807, 2.05) is 43.3 Å². The summed E-state index contributed by atoms with van der Waals surface area (Å²) in [5, 5.41) is 11.5. The molecule has 0 radical (unpaired) electrons. The maximum Gasteiger partial charge on any atom is 0.123 e. The van der Waals surface area contributed by atoms with Gasteiger partial charge in [0.2, 0.25) is 0 Å². The third kappa shape index (κ3) is 2.85. The number of aromatic nitrogens is 2. The van der Waals surface area contributed by atoms with E-state index < -0.39 is 6.10 Å². The summed E-state index contributed by atoms with van der Waals surface area (Å²) in [5.74, 6) is 0.461. The van der Waals surface area contributed by atoms with Crippen molar-refractivity contribution in [2.24, 2.45) is 0 Å². The molecule has 4 nitrogen and oxygen atoms in total. The third-order valence-corrected chi connectivity index (χ3v) is 3.56. The van der Waals surface area contributed by atoms with Crippen LogP contribution in [0.2, 0.25) is 0 Å². The lowest BCUT2D eigenvalue weighted by molar-refractivity contribution is 0.174. The molecule has 0 bridgehead atoms. The molecule has 2 aromatic heterocycles. The van der Waals surface area contributed by atoms with E-state index in [9.17, 15) is 5.11 Å². The molecule has 1 unspecified atom stereocenters. The second-order valence-corrected chi connectivity index (χ2v) is 5.19. The van der Waals surface area contributed by atoms with Crippen molar-refractivity contribution < 1.29 is 5.11 Å². The van der Waals surface area contributed by atoms with Crippen LogP contribution in [0.5, 0.6) is 0 Å². The van der Waals surface area contributed by atoms with Crippen molar-refractivity contribution in [2.75, 3.05) is 5.73 Å². The summed E-state index contributed by atoms with van der Waals surface area (Å²) in [6.07, 6.45) is 1.46. The average molecular weight is 279 g/mol. The van der Waals surface area contributed by atoms with Gasteiger partial charge in [-0.3, -0.25) is 4.98 Å². The number of nitrogens with zero attached hydrogens (tertiary/aromatic N) is 2. The molecular weight excluding hydrogens is 262 g/mol. The molecule has 3 rings (SSSR count). The Labute approximate surface area is 123 Å². The quantitative estimate of drug-likeness (QED) is 0.773. The number of hydrogen-bond donors (Lipinski definition) is 2. The van der Waals surface area contributed by atoms with Gasteiger partial charge in [0.15, 0.2) is 0 Å². The molecule has 0 aliphatic heterocycles. The maximum absolute atomic E-state index is 10.4. The zero-order valence-electron chi connectivity index (χ0n) is 11.8. The first-order chi connectivity index (χ1) is 10.1. The minimum absolute atomic E-state index is 0.461. The molecule has 3 N–H and O–H groups in total. The third-order valence-electron chi connectivity index (χ3n) is 3.56. The van der Waals surface area contributed by atoms with Gasteiger partial charge in [-0.25, -0.2) is 4.98 Å². The van der Waals surface area contributed by atoms with Gasteiger partial charge in [-0.1, -0.05) is 18.2 Å². The zero-order chi connectivity index (χ0) is 14.8. The van der Waals surface area contributed by atoms with Crippen LogP contribution in [0.1, 0.15) is 22.9 Å². The Hall–Kier alpha value is -2.46. The van der Waals surface area contributed by atoms with Crippen LogP contribution in [0.3, 0.4) is 0 Å². The number of anilines is 1. The molecule has 0 aliphatic carbocycles. The smallest absolute Gasteiger partial charge is 0.123 e. The minimum atomic E-state index is -0.657. The molecular formula is C17H17N3O. The van der Waals surface area contributed by atoms with Crippen LogP contribution in [0.4, 0.5) is 5.82 Å². The molecule has 3 aromatic rings. The molecule has 1 atom stereocenters. The number of fused-ring (bicyclic) bond motifs is 1. The second-order valence-electron chi connectivity index (χ2n) is 5.19. The molecule has 4 heteroatoms. The van der Waals surface area contributed by atoms with Gasteiger partial charge in [-0.2, -0.15) is 0 Å². The Bertz CT molecular complexity index is 786. The number of benzene rings is 1. The van der Waals surface area contributed by atoms with E-state index in [-0.39, 0.29) is 0 Å². The summed E-state index contributed by atoms with van der Waals surface area (Å²) in [7, 11) is 0. The molecule has 21 heavy (non-hydrogen) atoms. The highest BCUT2D eigenvalue weighted by Gasteiger charge is 2.12. The molecule has 1 aromatic carbocycles. The van der Waals surface area contributed by atoms with Gasteiger partial charge in [0, 0.05) is 18.0 Å². The maximum atomic E-state index is 10.4. The number of aliphatic hydroxyl groups is 1. The highest BCUT2D eigenvalue weighted by Crippen LogP contribution is 2.23. The highest BCUT2D eigenvalue weighted by molar-refractivity contribution is 5.82. The summed E-state index contributed by atoms with van der Waals surface area (Å²) in [4.78, 5) is 8.51. The molecule has 0 amide bonds. The Morgan fingerprint density at radius 2 is 2.00 bits per heavy atom. The Balaban J connectivity index is 1.92. The number of para-hydroxylation sites is 1. The van der Waals surface area contributed by atoms with Gasteiger partial charge in [0.05, 0.1) is 17.3 Å². The van der Waals surface area contributed by atoms with E-state index in [1.54, 1.807) is 12.3 Å². The predicted octanol–water partition coefficient (Wildman–Crippen LogP) is 2.80. The summed E-state index contributed by atoms with van der Waals surface area (Å²) >= 11 is 0. The van der Waals surface area contributed by atoms with Crippen molar-refractivity contribution in [2.45, 2.75) is 19.4 Å². The number of nitrogens with two attached hydrogens (primary N) is 1. The number of hydrogen-bond acceptors (Lipinski definition) is 4. The Morgan fingerprint density at radius 3 is 2.81 bits per heavy atom. The van der Waals surface area contributed by atoms with Crippen molar-refractivity contribution in [3.63, 3.8) is 0 Å². The van der Waals surface area contributed by atoms with E-state index in [1.165, 1.54) is 0 Å². The van der Waals surface area contributed by atoms with Crippen LogP contribution in [-0.4, -0.2) is 15.1 Å². The molecule has 0 aliphatic rings. The lowest BCUT2D eigenvalue weighted by Gasteiger charge is -2.13. The van der Waals surface area contributed by atoms with E-state index in [0.717, 1.165) is 22.0 Å². The number of rotatable bonds is 3. The largest absolute Gasteiger partial charge is 0.386 e. The summed E-state index contributed by atoms with van der Waals surface area (Å²) in [6.45, 7) is 2.03. The fraction of sp³-hybridized carbons (Fsp3) is 0.176. The normalized spacial score (nSPS) is 12.5. The topological polar surface area (TPSA) is 72.0 Å². The summed E-state index contributed by atoms with van der Waals surface area (Å²) < 4.78 is 0. The number of nitrogen functional groups attached to an aromatic ring is 1. The van der Waals surface area contributed by atoms with Crippen molar-refractivity contribution in [1.29, 1.82) is 0 Å². The Kier molecular flexibility index (Phi) is 3.54. The monoisotopic (exact) mass is 279 g/mol. The number of aliphatic hydroxyl groups excluding tert-OH is 1. The molecule has 106 valence electrons. The first kappa shape index (κ1) is 13.5. The van der Waals surface area contributed by atoms with E-state index in [2.05, 4.69) is 9.97 Å². The molecule has 0 saturated carbocycles. The van der Waals surface area contributed by atoms with Crippen LogP contribution in [0, 0.1) is 6.92 Å². The lowest BCUT2D eigenvalue weighted by atomic mass is 10.0. The van der Waals surface area contributed by atoms with Crippen molar-refractivity contribution >= 4 is 16.7 Å². The van der Waals surface area contributed by atoms with Gasteiger partial charge in [0.25, 0.3) is 0 Å². The van der Waals surface area contributed by atoms with Crippen molar-refractivity contribution in [3.05, 3.63) is 65.5 Å². The van der Waals surface area contributed by atoms with Crippen LogP contribution >= 0.6 is 0 Å². The number of aryl methyl sites for hydroxylation is 1. The van der Waals surface area contributed by atoms with Crippen LogP contribution < -0.4 is 5.73 Å². The molecule has 0 spiro atoms. The predicted molar refractivity (Wildman–Crippen MR) is 83.8 cm³/mol. The SMILES string of the molecule is Cc1cc(C(O)Cc2ccnc(N)c2)nc2ccccc12. The van der Waals surface area contributed by atoms with Crippen LogP contribution in [0.15, 0.2) is 48.7 Å². The highest BCUT2D eigenvalue weighted by atomic mass is 16.3. The van der Waals surface area contributed by atoms with Crippen LogP contribution in [0.25, 0.3) is 10.9 Å². The van der Waals surface area contributed by atoms with E-state index >= 15 is 0 Å². The Morgan fingerprint density at radius 1 is 1.19 bits per heavy atom. The first-order valence-corrected chi connectivity index (χ1v) is 6.88. The standard InChI is InChI=1S/C17H17N3O/c1-11-8-15(20-14-5-3-2-4-13(11)14)16(21)9-12-6-7-19-17(18)10-12/h2-8,10,16,21H,9H2,1H3,(H2,18,19). The van der Waals surface area contributed by atoms with Gasteiger partial charge in [-0.15, -0.1) is 0 Å².